The number of alkyl carbamates (subject to hydrolysis) is 1. The first-order valence-electron chi connectivity index (χ1n) is 12.1. The molecule has 0 bridgehead atoms. The van der Waals surface area contributed by atoms with Crippen LogP contribution in [0.1, 0.15) is 54.2 Å². The third-order valence-electron chi connectivity index (χ3n) is 6.13. The van der Waals surface area contributed by atoms with Crippen molar-refractivity contribution in [3.05, 3.63) is 41.4 Å². The van der Waals surface area contributed by atoms with E-state index in [-0.39, 0.29) is 46.1 Å². The van der Waals surface area contributed by atoms with E-state index in [1.165, 1.54) is 19.2 Å². The van der Waals surface area contributed by atoms with Crippen molar-refractivity contribution in [3.8, 4) is 17.2 Å². The lowest BCUT2D eigenvalue weighted by Crippen LogP contribution is -2.49. The van der Waals surface area contributed by atoms with Crippen molar-refractivity contribution in [2.75, 3.05) is 19.5 Å². The lowest BCUT2D eigenvalue weighted by atomic mass is 9.89. The Bertz CT molecular complexity index is 1360. The molecule has 0 saturated heterocycles. The van der Waals surface area contributed by atoms with E-state index in [2.05, 4.69) is 20.6 Å². The molecule has 1 aliphatic rings. The molecular weight excluding hydrogens is 543 g/mol. The molecule has 4 rings (SSSR count). The number of amides is 2. The number of oxazole rings is 1. The van der Waals surface area contributed by atoms with Gasteiger partial charge in [0.1, 0.15) is 23.1 Å². The van der Waals surface area contributed by atoms with Gasteiger partial charge >= 0.3 is 12.3 Å². The number of pyridine rings is 1. The molecule has 3 aromatic rings. The van der Waals surface area contributed by atoms with Gasteiger partial charge in [-0.2, -0.15) is 13.2 Å². The van der Waals surface area contributed by atoms with Crippen LogP contribution in [-0.2, 0) is 10.9 Å². The second-order valence-corrected chi connectivity index (χ2v) is 9.44. The number of benzene rings is 1. The van der Waals surface area contributed by atoms with Crippen LogP contribution in [0.15, 0.2) is 28.7 Å². The second-order valence-electron chi connectivity index (χ2n) is 9.06. The van der Waals surface area contributed by atoms with Crippen LogP contribution < -0.4 is 21.1 Å². The standard InChI is InChI=1S/C25H27ClF3N5O5/c1-12(30)21-20(22(35)32-13-10-14(11-13)38-24(36)31-9-3-8-26)34-23(39-21)16-4-6-17(37-2)19-15(16)5-7-18(33-19)25(27,28)29/h4-7,12-14H,3,8-11,30H2,1-2H3,(H,31,36)(H,32,35)/t12-,13-,14+/m0/s1. The maximum atomic E-state index is 13.3. The average molecular weight is 570 g/mol. The van der Waals surface area contributed by atoms with E-state index in [0.717, 1.165) is 6.07 Å². The summed E-state index contributed by atoms with van der Waals surface area (Å²) in [7, 11) is 1.32. The Morgan fingerprint density at radius 3 is 2.62 bits per heavy atom. The van der Waals surface area contributed by atoms with Gasteiger partial charge in [-0.05, 0) is 37.6 Å². The van der Waals surface area contributed by atoms with Gasteiger partial charge in [-0.15, -0.1) is 11.6 Å². The number of ether oxygens (including phenoxy) is 2. The van der Waals surface area contributed by atoms with Crippen molar-refractivity contribution in [1.82, 2.24) is 20.6 Å². The summed E-state index contributed by atoms with van der Waals surface area (Å²) in [6.07, 6.45) is -4.07. The smallest absolute Gasteiger partial charge is 0.433 e. The number of aromatic nitrogens is 2. The van der Waals surface area contributed by atoms with Gasteiger partial charge in [0.2, 0.25) is 5.89 Å². The van der Waals surface area contributed by atoms with Crippen LogP contribution in [-0.4, -0.2) is 53.6 Å². The number of nitrogens with zero attached hydrogens (tertiary/aromatic N) is 2. The molecule has 1 aliphatic carbocycles. The second kappa shape index (κ2) is 11.7. The van der Waals surface area contributed by atoms with Crippen molar-refractivity contribution in [1.29, 1.82) is 0 Å². The number of carbonyl (C=O) groups excluding carboxylic acids is 2. The summed E-state index contributed by atoms with van der Waals surface area (Å²) in [6.45, 7) is 2.02. The van der Waals surface area contributed by atoms with Crippen LogP contribution in [0.25, 0.3) is 22.4 Å². The summed E-state index contributed by atoms with van der Waals surface area (Å²) in [5, 5.41) is 5.71. The quantitative estimate of drug-likeness (QED) is 0.252. The topological polar surface area (TPSA) is 142 Å². The highest BCUT2D eigenvalue weighted by Crippen LogP contribution is 2.37. The molecule has 0 spiro atoms. The highest BCUT2D eigenvalue weighted by atomic mass is 35.5. The van der Waals surface area contributed by atoms with E-state index in [4.69, 9.17) is 31.2 Å². The number of alkyl halides is 4. The van der Waals surface area contributed by atoms with Gasteiger partial charge in [-0.1, -0.05) is 0 Å². The maximum absolute atomic E-state index is 13.3. The molecule has 10 nitrogen and oxygen atoms in total. The third-order valence-corrected chi connectivity index (χ3v) is 6.39. The average Bonchev–Trinajstić information content (AvgIpc) is 3.32. The molecule has 1 atom stereocenters. The van der Waals surface area contributed by atoms with E-state index >= 15 is 0 Å². The third kappa shape index (κ3) is 6.36. The summed E-state index contributed by atoms with van der Waals surface area (Å²) in [6, 6.07) is 4.13. The van der Waals surface area contributed by atoms with Gasteiger partial charge in [-0.25, -0.2) is 14.8 Å². The van der Waals surface area contributed by atoms with Crippen molar-refractivity contribution < 1.29 is 36.7 Å². The van der Waals surface area contributed by atoms with Gasteiger partial charge in [0.15, 0.2) is 11.5 Å². The lowest BCUT2D eigenvalue weighted by molar-refractivity contribution is -0.140. The van der Waals surface area contributed by atoms with Gasteiger partial charge in [0.05, 0.1) is 13.2 Å². The Kier molecular flexibility index (Phi) is 8.50. The van der Waals surface area contributed by atoms with Gasteiger partial charge in [0.25, 0.3) is 5.91 Å². The van der Waals surface area contributed by atoms with Crippen LogP contribution >= 0.6 is 11.6 Å². The van der Waals surface area contributed by atoms with Crippen LogP contribution in [0.3, 0.4) is 0 Å². The molecule has 2 aromatic heterocycles. The first-order chi connectivity index (χ1) is 18.5. The fourth-order valence-corrected chi connectivity index (χ4v) is 4.24. The largest absolute Gasteiger partial charge is 0.494 e. The zero-order valence-corrected chi connectivity index (χ0v) is 21.9. The molecule has 1 fully saturated rings. The van der Waals surface area contributed by atoms with Gasteiger partial charge < -0.3 is 30.3 Å². The maximum Gasteiger partial charge on any atom is 0.433 e. The summed E-state index contributed by atoms with van der Waals surface area (Å²) >= 11 is 5.58. The van der Waals surface area contributed by atoms with E-state index in [1.807, 2.05) is 0 Å². The monoisotopic (exact) mass is 569 g/mol. The van der Waals surface area contributed by atoms with E-state index in [9.17, 15) is 22.8 Å². The lowest BCUT2D eigenvalue weighted by Gasteiger charge is -2.34. The first-order valence-corrected chi connectivity index (χ1v) is 12.7. The number of hydrogen-bond donors (Lipinski definition) is 3. The molecular formula is C25H27ClF3N5O5. The van der Waals surface area contributed by atoms with Crippen LogP contribution in [0.2, 0.25) is 0 Å². The van der Waals surface area contributed by atoms with Crippen LogP contribution in [0.5, 0.6) is 5.75 Å². The summed E-state index contributed by atoms with van der Waals surface area (Å²) in [5.74, 6) is 0.117. The van der Waals surface area contributed by atoms with Crippen molar-refractivity contribution in [3.63, 3.8) is 0 Å². The molecule has 1 saturated carbocycles. The zero-order chi connectivity index (χ0) is 28.3. The Morgan fingerprint density at radius 1 is 1.23 bits per heavy atom. The molecule has 0 aliphatic heterocycles. The Labute approximate surface area is 226 Å². The molecule has 2 amide bonds. The first kappa shape index (κ1) is 28.4. The summed E-state index contributed by atoms with van der Waals surface area (Å²) in [4.78, 5) is 32.9. The highest BCUT2D eigenvalue weighted by molar-refractivity contribution is 6.17. The highest BCUT2D eigenvalue weighted by Gasteiger charge is 2.36. The number of halogens is 4. The molecule has 0 radical (unpaired) electrons. The van der Waals surface area contributed by atoms with E-state index in [1.54, 1.807) is 13.0 Å². The zero-order valence-electron chi connectivity index (χ0n) is 21.1. The minimum absolute atomic E-state index is 0.00917. The number of methoxy groups -OCH3 is 1. The molecule has 14 heteroatoms. The van der Waals surface area contributed by atoms with E-state index in [0.29, 0.717) is 37.3 Å². The van der Waals surface area contributed by atoms with E-state index < -0.39 is 29.9 Å². The molecule has 1 aromatic carbocycles. The predicted octanol–water partition coefficient (Wildman–Crippen LogP) is 4.55. The Morgan fingerprint density at radius 2 is 1.97 bits per heavy atom. The minimum Gasteiger partial charge on any atom is -0.494 e. The number of nitrogens with one attached hydrogen (secondary N) is 2. The van der Waals surface area contributed by atoms with Gasteiger partial charge in [0, 0.05) is 42.3 Å². The number of hydrogen-bond acceptors (Lipinski definition) is 8. The predicted molar refractivity (Wildman–Crippen MR) is 135 cm³/mol. The molecule has 2 heterocycles. The van der Waals surface area contributed by atoms with Crippen molar-refractivity contribution in [2.24, 2.45) is 5.73 Å². The number of fused-ring (bicyclic) bond motifs is 1. The van der Waals surface area contributed by atoms with Crippen LogP contribution in [0, 0.1) is 0 Å². The van der Waals surface area contributed by atoms with Crippen molar-refractivity contribution in [2.45, 2.75) is 50.6 Å². The minimum atomic E-state index is -4.65. The van der Waals surface area contributed by atoms with Gasteiger partial charge in [-0.3, -0.25) is 4.79 Å². The molecule has 0 unspecified atom stereocenters. The number of rotatable bonds is 9. The molecule has 39 heavy (non-hydrogen) atoms. The summed E-state index contributed by atoms with van der Waals surface area (Å²) in [5.41, 5.74) is 5.17. The number of carbonyl (C=O) groups is 2. The fourth-order valence-electron chi connectivity index (χ4n) is 4.10. The fraction of sp³-hybridized carbons (Fsp3) is 0.440. The Hall–Kier alpha value is -3.58. The number of nitrogens with two attached hydrogens (primary N) is 1. The molecule has 4 N–H and O–H groups in total. The molecule has 210 valence electrons. The normalized spacial score (nSPS) is 17.8. The Balaban J connectivity index is 1.53. The van der Waals surface area contributed by atoms with Crippen LogP contribution in [0.4, 0.5) is 18.0 Å². The summed E-state index contributed by atoms with van der Waals surface area (Å²) < 4.78 is 56.1. The van der Waals surface area contributed by atoms with Crippen molar-refractivity contribution >= 4 is 34.5 Å². The SMILES string of the molecule is COc1ccc(-c2nc(C(=O)N[C@H]3C[C@@H](OC(=O)NCCCCl)C3)c([C@H](C)N)o2)c2ccc(C(F)(F)F)nc12.